The number of unbranched alkanes of at least 4 members (excludes halogenated alkanes) is 2. The fourth-order valence-corrected chi connectivity index (χ4v) is 2.32. The third-order valence-electron chi connectivity index (χ3n) is 3.29. The molecule has 1 aromatic carbocycles. The Kier molecular flexibility index (Phi) is 6.20. The lowest BCUT2D eigenvalue weighted by Gasteiger charge is -2.23. The van der Waals surface area contributed by atoms with Crippen LogP contribution in [0, 0.1) is 6.92 Å². The molecule has 0 bridgehead atoms. The van der Waals surface area contributed by atoms with Crippen LogP contribution in [0.1, 0.15) is 44.2 Å². The topological polar surface area (TPSA) is 29.3 Å². The predicted octanol–water partition coefficient (Wildman–Crippen LogP) is 3.51. The molecule has 1 atom stereocenters. The summed E-state index contributed by atoms with van der Waals surface area (Å²) >= 11 is 0. The van der Waals surface area contributed by atoms with Crippen LogP contribution in [0.5, 0.6) is 0 Å². The van der Waals surface area contributed by atoms with Crippen molar-refractivity contribution in [2.24, 2.45) is 5.73 Å². The van der Waals surface area contributed by atoms with Gasteiger partial charge in [0.1, 0.15) is 0 Å². The molecule has 0 saturated carbocycles. The van der Waals surface area contributed by atoms with E-state index in [-0.39, 0.29) is 6.04 Å². The van der Waals surface area contributed by atoms with Crippen LogP contribution in [0.15, 0.2) is 18.2 Å². The number of aryl methyl sites for hydroxylation is 1. The van der Waals surface area contributed by atoms with Crippen LogP contribution in [0.2, 0.25) is 0 Å². The standard InChI is InChI=1S/C16H28N2/c1-5-6-7-10-18(4)16-9-8-13(2)11-15(16)12-14(3)17/h8-9,11,14H,5-7,10,12,17H2,1-4H3. The highest BCUT2D eigenvalue weighted by atomic mass is 15.1. The van der Waals surface area contributed by atoms with Crippen LogP contribution in [0.3, 0.4) is 0 Å². The van der Waals surface area contributed by atoms with Gasteiger partial charge in [-0.25, -0.2) is 0 Å². The monoisotopic (exact) mass is 248 g/mol. The Balaban J connectivity index is 2.78. The Labute approximate surface area is 112 Å². The summed E-state index contributed by atoms with van der Waals surface area (Å²) in [5.74, 6) is 0. The summed E-state index contributed by atoms with van der Waals surface area (Å²) in [7, 11) is 2.19. The summed E-state index contributed by atoms with van der Waals surface area (Å²) in [6.45, 7) is 7.59. The maximum atomic E-state index is 5.95. The molecule has 0 saturated heterocycles. The molecule has 2 N–H and O–H groups in total. The van der Waals surface area contributed by atoms with E-state index in [4.69, 9.17) is 5.73 Å². The van der Waals surface area contributed by atoms with Gasteiger partial charge in [-0.2, -0.15) is 0 Å². The fraction of sp³-hybridized carbons (Fsp3) is 0.625. The smallest absolute Gasteiger partial charge is 0.0396 e. The minimum atomic E-state index is 0.217. The van der Waals surface area contributed by atoms with Gasteiger partial charge in [-0.1, -0.05) is 37.5 Å². The second-order valence-corrected chi connectivity index (χ2v) is 5.44. The second-order valence-electron chi connectivity index (χ2n) is 5.44. The molecular formula is C16H28N2. The molecule has 1 aromatic rings. The zero-order valence-electron chi connectivity index (χ0n) is 12.4. The van der Waals surface area contributed by atoms with Gasteiger partial charge >= 0.3 is 0 Å². The van der Waals surface area contributed by atoms with Crippen molar-refractivity contribution in [3.8, 4) is 0 Å². The maximum Gasteiger partial charge on any atom is 0.0396 e. The summed E-state index contributed by atoms with van der Waals surface area (Å²) in [6, 6.07) is 6.92. The van der Waals surface area contributed by atoms with Crippen LogP contribution in [-0.4, -0.2) is 19.6 Å². The van der Waals surface area contributed by atoms with Gasteiger partial charge in [-0.05, 0) is 38.3 Å². The van der Waals surface area contributed by atoms with Crippen molar-refractivity contribution in [1.82, 2.24) is 0 Å². The first kappa shape index (κ1) is 15.0. The molecule has 1 rings (SSSR count). The highest BCUT2D eigenvalue weighted by Gasteiger charge is 2.09. The van der Waals surface area contributed by atoms with Crippen molar-refractivity contribution in [1.29, 1.82) is 0 Å². The van der Waals surface area contributed by atoms with Gasteiger partial charge in [0.05, 0.1) is 0 Å². The minimum Gasteiger partial charge on any atom is -0.374 e. The first-order valence-electron chi connectivity index (χ1n) is 7.10. The lowest BCUT2D eigenvalue weighted by molar-refractivity contribution is 0.697. The van der Waals surface area contributed by atoms with E-state index in [0.717, 1.165) is 13.0 Å². The van der Waals surface area contributed by atoms with Crippen LogP contribution in [0.25, 0.3) is 0 Å². The van der Waals surface area contributed by atoms with Crippen molar-refractivity contribution in [2.75, 3.05) is 18.5 Å². The van der Waals surface area contributed by atoms with E-state index in [9.17, 15) is 0 Å². The highest BCUT2D eigenvalue weighted by molar-refractivity contribution is 5.54. The number of benzene rings is 1. The molecular weight excluding hydrogens is 220 g/mol. The number of hydrogen-bond acceptors (Lipinski definition) is 2. The minimum absolute atomic E-state index is 0.217. The highest BCUT2D eigenvalue weighted by Crippen LogP contribution is 2.22. The van der Waals surface area contributed by atoms with E-state index in [1.54, 1.807) is 0 Å². The van der Waals surface area contributed by atoms with E-state index in [1.165, 1.54) is 36.1 Å². The largest absolute Gasteiger partial charge is 0.374 e. The Morgan fingerprint density at radius 1 is 1.28 bits per heavy atom. The number of nitrogens with two attached hydrogens (primary N) is 1. The Hall–Kier alpha value is -1.02. The van der Waals surface area contributed by atoms with Crippen LogP contribution in [-0.2, 0) is 6.42 Å². The quantitative estimate of drug-likeness (QED) is 0.748. The molecule has 0 amide bonds. The fourth-order valence-electron chi connectivity index (χ4n) is 2.32. The summed E-state index contributed by atoms with van der Waals surface area (Å²) in [6.07, 6.45) is 4.79. The first-order valence-corrected chi connectivity index (χ1v) is 7.10. The average Bonchev–Trinajstić information content (AvgIpc) is 2.28. The first-order chi connectivity index (χ1) is 8.54. The van der Waals surface area contributed by atoms with E-state index < -0.39 is 0 Å². The van der Waals surface area contributed by atoms with Gasteiger partial charge in [0.2, 0.25) is 0 Å². The molecule has 0 heterocycles. The van der Waals surface area contributed by atoms with Crippen molar-refractivity contribution in [3.63, 3.8) is 0 Å². The van der Waals surface area contributed by atoms with Gasteiger partial charge < -0.3 is 10.6 Å². The van der Waals surface area contributed by atoms with Gasteiger partial charge in [-0.3, -0.25) is 0 Å². The Bertz CT molecular complexity index is 358. The molecule has 0 fully saturated rings. The van der Waals surface area contributed by atoms with Crippen molar-refractivity contribution >= 4 is 5.69 Å². The van der Waals surface area contributed by atoms with E-state index in [0.29, 0.717) is 0 Å². The maximum absolute atomic E-state index is 5.95. The number of anilines is 1. The van der Waals surface area contributed by atoms with Crippen LogP contribution in [0.4, 0.5) is 5.69 Å². The van der Waals surface area contributed by atoms with Crippen molar-refractivity contribution < 1.29 is 0 Å². The molecule has 18 heavy (non-hydrogen) atoms. The SMILES string of the molecule is CCCCCN(C)c1ccc(C)cc1CC(C)N. The summed E-state index contributed by atoms with van der Waals surface area (Å²) < 4.78 is 0. The van der Waals surface area contributed by atoms with Gasteiger partial charge in [0, 0.05) is 25.3 Å². The Morgan fingerprint density at radius 3 is 2.61 bits per heavy atom. The molecule has 2 nitrogen and oxygen atoms in total. The molecule has 0 aliphatic heterocycles. The van der Waals surface area contributed by atoms with Crippen LogP contribution < -0.4 is 10.6 Å². The second kappa shape index (κ2) is 7.42. The predicted molar refractivity (Wildman–Crippen MR) is 81.3 cm³/mol. The molecule has 0 aliphatic carbocycles. The molecule has 2 heteroatoms. The normalized spacial score (nSPS) is 12.5. The third kappa shape index (κ3) is 4.69. The third-order valence-corrected chi connectivity index (χ3v) is 3.29. The van der Waals surface area contributed by atoms with Crippen molar-refractivity contribution in [3.05, 3.63) is 29.3 Å². The molecule has 1 unspecified atom stereocenters. The van der Waals surface area contributed by atoms with E-state index in [2.05, 4.69) is 50.9 Å². The molecule has 0 aromatic heterocycles. The lowest BCUT2D eigenvalue weighted by atomic mass is 10.0. The zero-order chi connectivity index (χ0) is 13.5. The van der Waals surface area contributed by atoms with E-state index in [1.807, 2.05) is 0 Å². The van der Waals surface area contributed by atoms with Crippen LogP contribution >= 0.6 is 0 Å². The summed E-state index contributed by atoms with van der Waals surface area (Å²) in [5, 5.41) is 0. The average molecular weight is 248 g/mol. The molecule has 0 spiro atoms. The molecule has 0 aliphatic rings. The lowest BCUT2D eigenvalue weighted by Crippen LogP contribution is -2.23. The number of nitrogens with zero attached hydrogens (tertiary/aromatic N) is 1. The number of rotatable bonds is 7. The van der Waals surface area contributed by atoms with E-state index >= 15 is 0 Å². The van der Waals surface area contributed by atoms with Gasteiger partial charge in [-0.15, -0.1) is 0 Å². The summed E-state index contributed by atoms with van der Waals surface area (Å²) in [4.78, 5) is 2.37. The Morgan fingerprint density at radius 2 is 2.00 bits per heavy atom. The van der Waals surface area contributed by atoms with Crippen molar-refractivity contribution in [2.45, 2.75) is 52.5 Å². The number of hydrogen-bond donors (Lipinski definition) is 1. The van der Waals surface area contributed by atoms with Gasteiger partial charge in [0.15, 0.2) is 0 Å². The van der Waals surface area contributed by atoms with Gasteiger partial charge in [0.25, 0.3) is 0 Å². The molecule has 102 valence electrons. The molecule has 0 radical (unpaired) electrons. The summed E-state index contributed by atoms with van der Waals surface area (Å²) in [5.41, 5.74) is 9.98. The zero-order valence-corrected chi connectivity index (χ0v) is 12.4.